The summed E-state index contributed by atoms with van der Waals surface area (Å²) in [6.45, 7) is 4.21. The van der Waals surface area contributed by atoms with Gasteiger partial charge in [-0.25, -0.2) is 0 Å². The first-order valence-electron chi connectivity index (χ1n) is 9.18. The van der Waals surface area contributed by atoms with E-state index in [1.165, 1.54) is 5.56 Å². The number of nitrogens with zero attached hydrogens (tertiary/aromatic N) is 1. The fourth-order valence-corrected chi connectivity index (χ4v) is 3.71. The Balaban J connectivity index is 0.00000280. The summed E-state index contributed by atoms with van der Waals surface area (Å²) in [5.74, 6) is 2.10. The second kappa shape index (κ2) is 11.3. The molecule has 1 unspecified atom stereocenters. The third-order valence-electron chi connectivity index (χ3n) is 4.55. The highest BCUT2D eigenvalue weighted by Crippen LogP contribution is 2.26. The molecule has 1 atom stereocenters. The third kappa shape index (κ3) is 6.37. The molecule has 0 bridgehead atoms. The number of thiophene rings is 1. The zero-order valence-electron chi connectivity index (χ0n) is 16.2. The predicted octanol–water partition coefficient (Wildman–Crippen LogP) is 3.60. The lowest BCUT2D eigenvalue weighted by molar-refractivity contribution is -0.116. The van der Waals surface area contributed by atoms with Gasteiger partial charge in [-0.3, -0.25) is 9.79 Å². The van der Waals surface area contributed by atoms with Crippen LogP contribution in [0.15, 0.2) is 40.0 Å². The molecule has 0 spiro atoms. The second-order valence-corrected chi connectivity index (χ2v) is 7.33. The molecule has 28 heavy (non-hydrogen) atoms. The van der Waals surface area contributed by atoms with Crippen LogP contribution in [0.1, 0.15) is 30.4 Å². The minimum Gasteiger partial charge on any atom is -0.492 e. The highest BCUT2D eigenvalue weighted by Gasteiger charge is 2.15. The Bertz CT molecular complexity index is 796. The van der Waals surface area contributed by atoms with Crippen LogP contribution in [0.5, 0.6) is 5.75 Å². The number of amides is 1. The molecule has 1 aliphatic rings. The fraction of sp³-hybridized carbons (Fsp3) is 0.400. The molecule has 1 aromatic carbocycles. The van der Waals surface area contributed by atoms with Gasteiger partial charge >= 0.3 is 0 Å². The van der Waals surface area contributed by atoms with Crippen LogP contribution in [-0.4, -0.2) is 38.6 Å². The Morgan fingerprint density at radius 2 is 2.18 bits per heavy atom. The molecule has 1 aromatic heterocycles. The van der Waals surface area contributed by atoms with E-state index in [1.807, 2.05) is 18.2 Å². The summed E-state index contributed by atoms with van der Waals surface area (Å²) >= 11 is 1.72. The van der Waals surface area contributed by atoms with Gasteiger partial charge in [-0.1, -0.05) is 6.92 Å². The maximum absolute atomic E-state index is 11.4. The number of halogens is 1. The Labute approximate surface area is 187 Å². The van der Waals surface area contributed by atoms with Crippen molar-refractivity contribution in [2.75, 3.05) is 32.1 Å². The molecule has 0 aliphatic carbocycles. The minimum atomic E-state index is 0. The lowest BCUT2D eigenvalue weighted by Gasteiger charge is -2.18. The Morgan fingerprint density at radius 1 is 1.32 bits per heavy atom. The largest absolute Gasteiger partial charge is 0.492 e. The summed E-state index contributed by atoms with van der Waals surface area (Å²) in [6.07, 6.45) is 1.29. The molecular formula is C20H27IN4O2S. The van der Waals surface area contributed by atoms with Gasteiger partial charge < -0.3 is 20.7 Å². The van der Waals surface area contributed by atoms with Crippen LogP contribution in [0, 0.1) is 0 Å². The zero-order chi connectivity index (χ0) is 19.1. The molecular weight excluding hydrogens is 487 g/mol. The average Bonchev–Trinajstić information content (AvgIpc) is 3.22. The van der Waals surface area contributed by atoms with Crippen LogP contribution < -0.4 is 20.7 Å². The highest BCUT2D eigenvalue weighted by atomic mass is 127. The van der Waals surface area contributed by atoms with E-state index in [-0.39, 0.29) is 29.9 Å². The van der Waals surface area contributed by atoms with Crippen molar-refractivity contribution in [1.29, 1.82) is 0 Å². The van der Waals surface area contributed by atoms with Crippen LogP contribution in [0.4, 0.5) is 5.69 Å². The summed E-state index contributed by atoms with van der Waals surface area (Å²) < 4.78 is 5.82. The van der Waals surface area contributed by atoms with E-state index in [4.69, 9.17) is 4.74 Å². The van der Waals surface area contributed by atoms with E-state index in [0.29, 0.717) is 25.5 Å². The van der Waals surface area contributed by atoms with Crippen molar-refractivity contribution in [2.45, 2.75) is 25.7 Å². The van der Waals surface area contributed by atoms with Crippen LogP contribution in [-0.2, 0) is 11.2 Å². The van der Waals surface area contributed by atoms with Crippen molar-refractivity contribution in [3.63, 3.8) is 0 Å². The topological polar surface area (TPSA) is 74.8 Å². The van der Waals surface area contributed by atoms with E-state index in [1.54, 1.807) is 18.4 Å². The number of aliphatic imine (C=N–C) groups is 1. The van der Waals surface area contributed by atoms with Crippen LogP contribution >= 0.6 is 35.3 Å². The molecule has 6 nitrogen and oxygen atoms in total. The number of carbonyl (C=O) groups is 1. The number of guanidine groups is 1. The van der Waals surface area contributed by atoms with Gasteiger partial charge in [0, 0.05) is 25.7 Å². The summed E-state index contributed by atoms with van der Waals surface area (Å²) in [5.41, 5.74) is 3.36. The normalized spacial score (nSPS) is 14.4. The van der Waals surface area contributed by atoms with E-state index in [2.05, 4.69) is 44.7 Å². The Hall–Kier alpha value is -1.81. The number of anilines is 1. The van der Waals surface area contributed by atoms with Crippen molar-refractivity contribution in [1.82, 2.24) is 10.6 Å². The van der Waals surface area contributed by atoms with Gasteiger partial charge in [-0.15, -0.1) is 24.0 Å². The first-order valence-corrected chi connectivity index (χ1v) is 10.1. The number of benzene rings is 1. The number of hydrogen-bond acceptors (Lipinski definition) is 4. The average molecular weight is 514 g/mol. The van der Waals surface area contributed by atoms with E-state index < -0.39 is 0 Å². The molecule has 8 heteroatoms. The van der Waals surface area contributed by atoms with Gasteiger partial charge in [0.1, 0.15) is 12.4 Å². The van der Waals surface area contributed by atoms with Crippen LogP contribution in [0.3, 0.4) is 0 Å². The molecule has 0 saturated carbocycles. The van der Waals surface area contributed by atoms with Gasteiger partial charge in [0.2, 0.25) is 5.91 Å². The number of fused-ring (bicyclic) bond motifs is 1. The fourth-order valence-electron chi connectivity index (χ4n) is 2.93. The molecule has 3 rings (SSSR count). The van der Waals surface area contributed by atoms with Gasteiger partial charge in [0.15, 0.2) is 5.96 Å². The van der Waals surface area contributed by atoms with Gasteiger partial charge in [0.05, 0.1) is 6.54 Å². The van der Waals surface area contributed by atoms with Crippen molar-refractivity contribution in [3.05, 3.63) is 46.2 Å². The zero-order valence-corrected chi connectivity index (χ0v) is 19.3. The quantitative estimate of drug-likeness (QED) is 0.229. The molecule has 0 fully saturated rings. The number of nitrogens with one attached hydrogen (secondary N) is 3. The lowest BCUT2D eigenvalue weighted by atomic mass is 10.0. The van der Waals surface area contributed by atoms with Crippen LogP contribution in [0.2, 0.25) is 0 Å². The number of rotatable bonds is 7. The molecule has 0 saturated heterocycles. The number of hydrogen-bond donors (Lipinski definition) is 3. The van der Waals surface area contributed by atoms with E-state index in [9.17, 15) is 4.79 Å². The predicted molar refractivity (Wildman–Crippen MR) is 126 cm³/mol. The first-order chi connectivity index (χ1) is 13.2. The molecule has 2 heterocycles. The Kier molecular flexibility index (Phi) is 9.04. The smallest absolute Gasteiger partial charge is 0.224 e. The van der Waals surface area contributed by atoms with Crippen molar-refractivity contribution in [3.8, 4) is 5.75 Å². The monoisotopic (exact) mass is 514 g/mol. The Morgan fingerprint density at radius 3 is 2.93 bits per heavy atom. The number of carbonyl (C=O) groups excluding carboxylic acids is 1. The SMILES string of the molecule is CN=C(NCCOc1ccc2c(c1)CCC(=O)N2)NCC(C)c1ccsc1.I. The van der Waals surface area contributed by atoms with E-state index >= 15 is 0 Å². The van der Waals surface area contributed by atoms with Crippen molar-refractivity contribution < 1.29 is 9.53 Å². The minimum absolute atomic E-state index is 0. The van der Waals surface area contributed by atoms with Gasteiger partial charge in [0.25, 0.3) is 0 Å². The molecule has 1 aliphatic heterocycles. The number of aryl methyl sites for hydroxylation is 1. The summed E-state index contributed by atoms with van der Waals surface area (Å²) in [4.78, 5) is 15.7. The third-order valence-corrected chi connectivity index (χ3v) is 5.25. The number of ether oxygens (including phenoxy) is 1. The first kappa shape index (κ1) is 22.5. The molecule has 3 N–H and O–H groups in total. The lowest BCUT2D eigenvalue weighted by Crippen LogP contribution is -2.40. The molecule has 152 valence electrons. The van der Waals surface area contributed by atoms with Crippen molar-refractivity contribution in [2.24, 2.45) is 4.99 Å². The maximum Gasteiger partial charge on any atom is 0.224 e. The van der Waals surface area contributed by atoms with Gasteiger partial charge in [-0.2, -0.15) is 11.3 Å². The summed E-state index contributed by atoms with van der Waals surface area (Å²) in [6, 6.07) is 7.96. The standard InChI is InChI=1S/C20H26N4O2S.HI/c1-14(16-7-10-27-13-16)12-23-20(21-2)22-8-9-26-17-4-5-18-15(11-17)3-6-19(25)24-18;/h4-5,7,10-11,13-14H,3,6,8-9,12H2,1-2H3,(H,24,25)(H2,21,22,23);1H. The van der Waals surface area contributed by atoms with Crippen molar-refractivity contribution >= 4 is 52.9 Å². The highest BCUT2D eigenvalue weighted by molar-refractivity contribution is 14.0. The summed E-state index contributed by atoms with van der Waals surface area (Å²) in [7, 11) is 1.77. The molecule has 2 aromatic rings. The summed E-state index contributed by atoms with van der Waals surface area (Å²) in [5, 5.41) is 13.8. The molecule has 1 amide bonds. The molecule has 0 radical (unpaired) electrons. The van der Waals surface area contributed by atoms with E-state index in [0.717, 1.165) is 35.9 Å². The van der Waals surface area contributed by atoms with Gasteiger partial charge in [-0.05, 0) is 58.5 Å². The van der Waals surface area contributed by atoms with Crippen LogP contribution in [0.25, 0.3) is 0 Å². The maximum atomic E-state index is 11.4. The second-order valence-electron chi connectivity index (χ2n) is 6.55.